The van der Waals surface area contributed by atoms with Gasteiger partial charge in [0.05, 0.1) is 5.75 Å². The second-order valence-corrected chi connectivity index (χ2v) is 6.75. The number of carbonyl (C=O) groups excluding carboxylic acids is 1. The molecule has 1 aromatic heterocycles. The highest BCUT2D eigenvalue weighted by Crippen LogP contribution is 2.21. The average molecular weight is 345 g/mol. The fraction of sp³-hybridized carbons (Fsp3) is 0.333. The highest BCUT2D eigenvalue weighted by Gasteiger charge is 2.21. The van der Waals surface area contributed by atoms with E-state index in [2.05, 4.69) is 16.0 Å². The van der Waals surface area contributed by atoms with Crippen LogP contribution in [0.25, 0.3) is 0 Å². The van der Waals surface area contributed by atoms with Gasteiger partial charge in [-0.15, -0.1) is 11.8 Å². The van der Waals surface area contributed by atoms with Gasteiger partial charge in [0.25, 0.3) is 0 Å². The molecule has 1 amide bonds. The van der Waals surface area contributed by atoms with Crippen LogP contribution in [0.5, 0.6) is 0 Å². The Morgan fingerprint density at radius 3 is 2.62 bits per heavy atom. The normalized spacial score (nSPS) is 15.5. The molecular formula is C18H20FN3OS. The number of nitrogens with zero attached hydrogens (tertiary/aromatic N) is 3. The van der Waals surface area contributed by atoms with E-state index >= 15 is 0 Å². The Balaban J connectivity index is 1.44. The predicted molar refractivity (Wildman–Crippen MR) is 93.2 cm³/mol. The molecule has 0 N–H and O–H groups in total. The molecule has 3 rings (SSSR count). The third kappa shape index (κ3) is 4.55. The number of amides is 1. The molecule has 0 atom stereocenters. The van der Waals surface area contributed by atoms with E-state index in [-0.39, 0.29) is 17.5 Å². The van der Waals surface area contributed by atoms with Gasteiger partial charge in [0.1, 0.15) is 5.82 Å². The summed E-state index contributed by atoms with van der Waals surface area (Å²) in [6, 6.07) is 10.6. The summed E-state index contributed by atoms with van der Waals surface area (Å²) < 4.78 is 13.6. The summed E-state index contributed by atoms with van der Waals surface area (Å²) in [6.07, 6.45) is 3.65. The van der Waals surface area contributed by atoms with Crippen molar-refractivity contribution in [1.29, 1.82) is 0 Å². The van der Waals surface area contributed by atoms with E-state index in [4.69, 9.17) is 0 Å². The molecule has 1 aliphatic rings. The second-order valence-electron chi connectivity index (χ2n) is 5.74. The SMILES string of the molecule is O=C(CSc1ccccc1F)N1CCN(Cc2cccnc2)CC1. The maximum atomic E-state index is 13.6. The Morgan fingerprint density at radius 2 is 1.92 bits per heavy atom. The Bertz CT molecular complexity index is 675. The molecule has 24 heavy (non-hydrogen) atoms. The first-order valence-electron chi connectivity index (χ1n) is 7.99. The van der Waals surface area contributed by atoms with Gasteiger partial charge in [-0.25, -0.2) is 4.39 Å². The number of carbonyl (C=O) groups is 1. The quantitative estimate of drug-likeness (QED) is 0.781. The first-order chi connectivity index (χ1) is 11.7. The Hall–Kier alpha value is -1.92. The molecule has 1 aliphatic heterocycles. The minimum Gasteiger partial charge on any atom is -0.339 e. The molecule has 0 saturated carbocycles. The topological polar surface area (TPSA) is 36.4 Å². The van der Waals surface area contributed by atoms with Crippen molar-refractivity contribution < 1.29 is 9.18 Å². The van der Waals surface area contributed by atoms with Crippen LogP contribution >= 0.6 is 11.8 Å². The van der Waals surface area contributed by atoms with Gasteiger partial charge in [0.15, 0.2) is 0 Å². The lowest BCUT2D eigenvalue weighted by Gasteiger charge is -2.34. The predicted octanol–water partition coefficient (Wildman–Crippen LogP) is 2.66. The zero-order valence-electron chi connectivity index (χ0n) is 13.4. The second kappa shape index (κ2) is 8.26. The lowest BCUT2D eigenvalue weighted by atomic mass is 10.2. The molecule has 0 radical (unpaired) electrons. The summed E-state index contributed by atoms with van der Waals surface area (Å²) in [4.78, 5) is 21.2. The van der Waals surface area contributed by atoms with E-state index in [1.54, 1.807) is 24.4 Å². The van der Waals surface area contributed by atoms with Crippen molar-refractivity contribution >= 4 is 17.7 Å². The van der Waals surface area contributed by atoms with Crippen LogP contribution in [-0.2, 0) is 11.3 Å². The van der Waals surface area contributed by atoms with E-state index in [0.29, 0.717) is 4.90 Å². The van der Waals surface area contributed by atoms with E-state index in [9.17, 15) is 9.18 Å². The monoisotopic (exact) mass is 345 g/mol. The fourth-order valence-electron chi connectivity index (χ4n) is 2.70. The van der Waals surface area contributed by atoms with Crippen molar-refractivity contribution in [2.45, 2.75) is 11.4 Å². The van der Waals surface area contributed by atoms with Crippen LogP contribution in [0.1, 0.15) is 5.56 Å². The summed E-state index contributed by atoms with van der Waals surface area (Å²) in [5.74, 6) is 0.0877. The van der Waals surface area contributed by atoms with Gasteiger partial charge in [0.2, 0.25) is 5.91 Å². The summed E-state index contributed by atoms with van der Waals surface area (Å²) >= 11 is 1.26. The number of pyridine rings is 1. The summed E-state index contributed by atoms with van der Waals surface area (Å²) in [5.41, 5.74) is 1.19. The van der Waals surface area contributed by atoms with Crippen LogP contribution in [-0.4, -0.2) is 52.6 Å². The standard InChI is InChI=1S/C18H20FN3OS/c19-16-5-1-2-6-17(16)24-14-18(23)22-10-8-21(9-11-22)13-15-4-3-7-20-12-15/h1-7,12H,8-11,13-14H2. The molecule has 1 fully saturated rings. The van der Waals surface area contributed by atoms with Crippen molar-refractivity contribution in [3.05, 3.63) is 60.2 Å². The molecule has 1 aromatic carbocycles. The number of rotatable bonds is 5. The van der Waals surface area contributed by atoms with Gasteiger partial charge in [-0.2, -0.15) is 0 Å². The molecule has 0 spiro atoms. The molecule has 1 saturated heterocycles. The number of hydrogen-bond acceptors (Lipinski definition) is 4. The van der Waals surface area contributed by atoms with Gasteiger partial charge in [-0.05, 0) is 23.8 Å². The van der Waals surface area contributed by atoms with Gasteiger partial charge in [-0.1, -0.05) is 18.2 Å². The molecule has 2 aromatic rings. The van der Waals surface area contributed by atoms with Crippen LogP contribution in [0.15, 0.2) is 53.7 Å². The van der Waals surface area contributed by atoms with Crippen LogP contribution < -0.4 is 0 Å². The fourth-order valence-corrected chi connectivity index (χ4v) is 3.54. The molecule has 0 aliphatic carbocycles. The number of thioether (sulfide) groups is 1. The molecule has 4 nitrogen and oxygen atoms in total. The lowest BCUT2D eigenvalue weighted by Crippen LogP contribution is -2.48. The molecule has 126 valence electrons. The number of piperazine rings is 1. The third-order valence-corrected chi connectivity index (χ3v) is 5.08. The van der Waals surface area contributed by atoms with Gasteiger partial charge < -0.3 is 4.90 Å². The van der Waals surface area contributed by atoms with E-state index in [1.165, 1.54) is 23.4 Å². The van der Waals surface area contributed by atoms with Crippen molar-refractivity contribution in [3.63, 3.8) is 0 Å². The minimum absolute atomic E-state index is 0.0734. The Morgan fingerprint density at radius 1 is 1.12 bits per heavy atom. The van der Waals surface area contributed by atoms with Crippen LogP contribution in [0.4, 0.5) is 4.39 Å². The zero-order valence-corrected chi connectivity index (χ0v) is 14.2. The van der Waals surface area contributed by atoms with Crippen molar-refractivity contribution in [2.75, 3.05) is 31.9 Å². The first kappa shape index (κ1) is 16.9. The highest BCUT2D eigenvalue weighted by molar-refractivity contribution is 8.00. The minimum atomic E-state index is -0.267. The lowest BCUT2D eigenvalue weighted by molar-refractivity contribution is -0.130. The summed E-state index contributed by atoms with van der Waals surface area (Å²) in [6.45, 7) is 4.00. The van der Waals surface area contributed by atoms with E-state index < -0.39 is 0 Å². The highest BCUT2D eigenvalue weighted by atomic mass is 32.2. The van der Waals surface area contributed by atoms with Gasteiger partial charge >= 0.3 is 0 Å². The first-order valence-corrected chi connectivity index (χ1v) is 8.97. The Kier molecular flexibility index (Phi) is 5.82. The zero-order chi connectivity index (χ0) is 16.8. The molecule has 6 heteroatoms. The van der Waals surface area contributed by atoms with E-state index in [1.807, 2.05) is 17.2 Å². The maximum Gasteiger partial charge on any atom is 0.233 e. The molecular weight excluding hydrogens is 325 g/mol. The van der Waals surface area contributed by atoms with Crippen molar-refractivity contribution in [1.82, 2.24) is 14.8 Å². The number of benzene rings is 1. The van der Waals surface area contributed by atoms with Gasteiger partial charge in [-0.3, -0.25) is 14.7 Å². The van der Waals surface area contributed by atoms with Crippen LogP contribution in [0.2, 0.25) is 0 Å². The van der Waals surface area contributed by atoms with Crippen molar-refractivity contribution in [3.8, 4) is 0 Å². The average Bonchev–Trinajstić information content (AvgIpc) is 2.62. The van der Waals surface area contributed by atoms with Crippen LogP contribution in [0.3, 0.4) is 0 Å². The maximum absolute atomic E-state index is 13.6. The third-order valence-electron chi connectivity index (χ3n) is 4.04. The van der Waals surface area contributed by atoms with E-state index in [0.717, 1.165) is 32.7 Å². The van der Waals surface area contributed by atoms with Gasteiger partial charge in [0, 0.05) is 50.0 Å². The van der Waals surface area contributed by atoms with Crippen LogP contribution in [0, 0.1) is 5.82 Å². The summed E-state index contributed by atoms with van der Waals surface area (Å²) in [5, 5.41) is 0. The number of hydrogen-bond donors (Lipinski definition) is 0. The van der Waals surface area contributed by atoms with Crippen molar-refractivity contribution in [2.24, 2.45) is 0 Å². The summed E-state index contributed by atoms with van der Waals surface area (Å²) in [7, 11) is 0. The Labute approximate surface area is 145 Å². The number of aromatic nitrogens is 1. The molecule has 0 unspecified atom stereocenters. The largest absolute Gasteiger partial charge is 0.339 e. The molecule has 0 bridgehead atoms. The molecule has 2 heterocycles. The number of halogens is 1. The smallest absolute Gasteiger partial charge is 0.233 e.